The summed E-state index contributed by atoms with van der Waals surface area (Å²) >= 11 is 1.69. The molecule has 0 saturated carbocycles. The summed E-state index contributed by atoms with van der Waals surface area (Å²) in [7, 11) is 0. The van der Waals surface area contributed by atoms with Crippen LogP contribution in [0.1, 0.15) is 12.0 Å². The van der Waals surface area contributed by atoms with Crippen LogP contribution in [0.25, 0.3) is 0 Å². The van der Waals surface area contributed by atoms with Gasteiger partial charge in [0.25, 0.3) is 0 Å². The Kier molecular flexibility index (Phi) is 5.07. The number of anilines is 2. The summed E-state index contributed by atoms with van der Waals surface area (Å²) in [6.45, 7) is 1.94. The van der Waals surface area contributed by atoms with Gasteiger partial charge in [-0.05, 0) is 42.8 Å². The largest absolute Gasteiger partial charge is 0.399 e. The second-order valence-corrected chi connectivity index (χ2v) is 5.70. The van der Waals surface area contributed by atoms with E-state index in [1.807, 2.05) is 49.4 Å². The third-order valence-electron chi connectivity index (χ3n) is 2.87. The average Bonchev–Trinajstić information content (AvgIpc) is 2.43. The highest BCUT2D eigenvalue weighted by atomic mass is 32.2. The van der Waals surface area contributed by atoms with Crippen molar-refractivity contribution in [2.45, 2.75) is 18.2 Å². The fraction of sp³-hybridized carbons (Fsp3) is 0.188. The molecule has 0 aliphatic carbocycles. The van der Waals surface area contributed by atoms with E-state index < -0.39 is 0 Å². The molecule has 3 N–H and O–H groups in total. The third-order valence-corrected chi connectivity index (χ3v) is 3.88. The van der Waals surface area contributed by atoms with Crippen molar-refractivity contribution in [1.29, 1.82) is 0 Å². The second kappa shape index (κ2) is 7.01. The van der Waals surface area contributed by atoms with Gasteiger partial charge in [-0.3, -0.25) is 4.79 Å². The first-order chi connectivity index (χ1) is 9.65. The van der Waals surface area contributed by atoms with Crippen LogP contribution in [0.2, 0.25) is 0 Å². The van der Waals surface area contributed by atoms with Crippen molar-refractivity contribution in [3.05, 3.63) is 54.1 Å². The van der Waals surface area contributed by atoms with Gasteiger partial charge < -0.3 is 11.1 Å². The first kappa shape index (κ1) is 14.5. The van der Waals surface area contributed by atoms with Gasteiger partial charge in [0.1, 0.15) is 0 Å². The molecule has 0 bridgehead atoms. The number of amides is 1. The van der Waals surface area contributed by atoms with E-state index >= 15 is 0 Å². The second-order valence-electron chi connectivity index (χ2n) is 4.53. The maximum absolute atomic E-state index is 11.9. The molecular formula is C16H18N2OS. The summed E-state index contributed by atoms with van der Waals surface area (Å²) in [5, 5.41) is 2.92. The van der Waals surface area contributed by atoms with Crippen LogP contribution in [0.4, 0.5) is 11.4 Å². The normalized spacial score (nSPS) is 10.2. The monoisotopic (exact) mass is 286 g/mol. The van der Waals surface area contributed by atoms with Crippen LogP contribution in [-0.2, 0) is 4.79 Å². The summed E-state index contributed by atoms with van der Waals surface area (Å²) in [5.74, 6) is 0.797. The van der Waals surface area contributed by atoms with Crippen LogP contribution in [0.3, 0.4) is 0 Å². The van der Waals surface area contributed by atoms with Crippen LogP contribution >= 0.6 is 11.8 Å². The molecule has 0 fully saturated rings. The van der Waals surface area contributed by atoms with Crippen molar-refractivity contribution in [3.63, 3.8) is 0 Å². The number of hydrogen-bond donors (Lipinski definition) is 2. The number of rotatable bonds is 5. The highest BCUT2D eigenvalue weighted by Gasteiger charge is 2.05. The molecule has 2 aromatic carbocycles. The van der Waals surface area contributed by atoms with E-state index in [2.05, 4.69) is 5.32 Å². The molecule has 20 heavy (non-hydrogen) atoms. The molecule has 0 aromatic heterocycles. The molecule has 3 nitrogen and oxygen atoms in total. The van der Waals surface area contributed by atoms with Crippen molar-refractivity contribution in [3.8, 4) is 0 Å². The molecule has 0 radical (unpaired) electrons. The molecule has 4 heteroatoms. The molecular weight excluding hydrogens is 268 g/mol. The number of nitrogens with one attached hydrogen (secondary N) is 1. The zero-order valence-electron chi connectivity index (χ0n) is 11.4. The number of aryl methyl sites for hydroxylation is 1. The van der Waals surface area contributed by atoms with E-state index in [0.717, 1.165) is 17.0 Å². The van der Waals surface area contributed by atoms with Crippen LogP contribution in [0, 0.1) is 6.92 Å². The lowest BCUT2D eigenvalue weighted by atomic mass is 10.2. The van der Waals surface area contributed by atoms with Gasteiger partial charge in [0.2, 0.25) is 5.91 Å². The van der Waals surface area contributed by atoms with Crippen molar-refractivity contribution in [1.82, 2.24) is 0 Å². The van der Waals surface area contributed by atoms with E-state index in [1.165, 1.54) is 4.90 Å². The minimum atomic E-state index is 0.0290. The molecule has 0 saturated heterocycles. The van der Waals surface area contributed by atoms with Gasteiger partial charge in [0.15, 0.2) is 0 Å². The lowest BCUT2D eigenvalue weighted by Gasteiger charge is -2.09. The fourth-order valence-corrected chi connectivity index (χ4v) is 2.69. The number of nitrogens with two attached hydrogens (primary N) is 1. The SMILES string of the molecule is Cc1cc(N)ccc1NC(=O)CCSc1ccccc1. The fourth-order valence-electron chi connectivity index (χ4n) is 1.82. The minimum Gasteiger partial charge on any atom is -0.399 e. The standard InChI is InChI=1S/C16H18N2OS/c1-12-11-13(17)7-8-15(12)18-16(19)9-10-20-14-5-3-2-4-6-14/h2-8,11H,9-10,17H2,1H3,(H,18,19). The Morgan fingerprint density at radius 2 is 1.95 bits per heavy atom. The Labute approximate surface area is 123 Å². The highest BCUT2D eigenvalue weighted by Crippen LogP contribution is 2.20. The van der Waals surface area contributed by atoms with Crippen LogP contribution < -0.4 is 11.1 Å². The smallest absolute Gasteiger partial charge is 0.225 e. The summed E-state index contributed by atoms with van der Waals surface area (Å²) < 4.78 is 0. The van der Waals surface area contributed by atoms with Crippen molar-refractivity contribution in [2.75, 3.05) is 16.8 Å². The molecule has 104 valence electrons. The number of nitrogen functional groups attached to an aromatic ring is 1. The zero-order valence-corrected chi connectivity index (χ0v) is 12.2. The van der Waals surface area contributed by atoms with Gasteiger partial charge >= 0.3 is 0 Å². The molecule has 2 rings (SSSR count). The predicted octanol–water partition coefficient (Wildman–Crippen LogP) is 3.70. The quantitative estimate of drug-likeness (QED) is 0.651. The lowest BCUT2D eigenvalue weighted by Crippen LogP contribution is -2.13. The molecule has 2 aromatic rings. The van der Waals surface area contributed by atoms with Gasteiger partial charge in [-0.2, -0.15) is 0 Å². The Bertz CT molecular complexity index is 584. The maximum atomic E-state index is 11.9. The van der Waals surface area contributed by atoms with Crippen LogP contribution in [0.15, 0.2) is 53.4 Å². The molecule has 0 atom stereocenters. The number of carbonyl (C=O) groups is 1. The topological polar surface area (TPSA) is 55.1 Å². The first-order valence-corrected chi connectivity index (χ1v) is 7.47. The Morgan fingerprint density at radius 3 is 2.65 bits per heavy atom. The Morgan fingerprint density at radius 1 is 1.20 bits per heavy atom. The van der Waals surface area contributed by atoms with E-state index in [9.17, 15) is 4.79 Å². The predicted molar refractivity (Wildman–Crippen MR) is 86.0 cm³/mol. The highest BCUT2D eigenvalue weighted by molar-refractivity contribution is 7.99. The molecule has 0 aliphatic rings. The molecule has 0 aliphatic heterocycles. The van der Waals surface area contributed by atoms with Gasteiger partial charge in [-0.15, -0.1) is 11.8 Å². The van der Waals surface area contributed by atoms with Gasteiger partial charge in [0.05, 0.1) is 0 Å². The third kappa shape index (κ3) is 4.31. The van der Waals surface area contributed by atoms with Crippen molar-refractivity contribution >= 4 is 29.0 Å². The molecule has 0 unspecified atom stereocenters. The average molecular weight is 286 g/mol. The molecule has 0 spiro atoms. The summed E-state index contributed by atoms with van der Waals surface area (Å²) in [6.07, 6.45) is 0.489. The number of benzene rings is 2. The first-order valence-electron chi connectivity index (χ1n) is 6.49. The minimum absolute atomic E-state index is 0.0290. The van der Waals surface area contributed by atoms with Crippen LogP contribution in [-0.4, -0.2) is 11.7 Å². The summed E-state index contributed by atoms with van der Waals surface area (Å²) in [4.78, 5) is 13.1. The molecule has 1 amide bonds. The Hall–Kier alpha value is -1.94. The van der Waals surface area contributed by atoms with E-state index in [0.29, 0.717) is 12.1 Å². The van der Waals surface area contributed by atoms with Crippen molar-refractivity contribution < 1.29 is 4.79 Å². The number of carbonyl (C=O) groups excluding carboxylic acids is 1. The van der Waals surface area contributed by atoms with Crippen LogP contribution in [0.5, 0.6) is 0 Å². The van der Waals surface area contributed by atoms with Gasteiger partial charge in [0, 0.05) is 28.4 Å². The van der Waals surface area contributed by atoms with Gasteiger partial charge in [-0.25, -0.2) is 0 Å². The number of thioether (sulfide) groups is 1. The van der Waals surface area contributed by atoms with Crippen molar-refractivity contribution in [2.24, 2.45) is 0 Å². The number of hydrogen-bond acceptors (Lipinski definition) is 3. The van der Waals surface area contributed by atoms with E-state index in [1.54, 1.807) is 17.8 Å². The van der Waals surface area contributed by atoms with E-state index in [-0.39, 0.29) is 5.91 Å². The zero-order chi connectivity index (χ0) is 14.4. The summed E-state index contributed by atoms with van der Waals surface area (Å²) in [6, 6.07) is 15.6. The Balaban J connectivity index is 1.81. The van der Waals surface area contributed by atoms with E-state index in [4.69, 9.17) is 5.73 Å². The summed E-state index contributed by atoms with van der Waals surface area (Å²) in [5.41, 5.74) is 8.20. The van der Waals surface area contributed by atoms with Gasteiger partial charge in [-0.1, -0.05) is 18.2 Å². The molecule has 0 heterocycles. The maximum Gasteiger partial charge on any atom is 0.225 e. The lowest BCUT2D eigenvalue weighted by molar-refractivity contribution is -0.115.